The maximum atomic E-state index is 10.8. The lowest BCUT2D eigenvalue weighted by Gasteiger charge is -1.94. The van der Waals surface area contributed by atoms with E-state index >= 15 is 0 Å². The summed E-state index contributed by atoms with van der Waals surface area (Å²) in [5, 5.41) is 0. The van der Waals surface area contributed by atoms with Crippen LogP contribution in [0.1, 0.15) is 20.3 Å². The molecule has 0 N–H and O–H groups in total. The summed E-state index contributed by atoms with van der Waals surface area (Å²) in [5.41, 5.74) is 0. The molecule has 12 heavy (non-hydrogen) atoms. The number of carbonyl (C=O) groups is 1. The number of rotatable bonds is 6. The average Bonchev–Trinajstić information content (AvgIpc) is 2.05. The Kier molecular flexibility index (Phi) is 8.34. The minimum absolute atomic E-state index is 0.241. The highest BCUT2D eigenvalue weighted by Gasteiger charge is 1.91. The van der Waals surface area contributed by atoms with Gasteiger partial charge in [-0.05, 0) is 19.1 Å². The Hall–Kier alpha value is -0.440. The summed E-state index contributed by atoms with van der Waals surface area (Å²) in [6, 6.07) is 0. The van der Waals surface area contributed by atoms with Crippen molar-refractivity contribution in [2.45, 2.75) is 20.3 Å². The molecule has 0 radical (unpaired) electrons. The van der Waals surface area contributed by atoms with E-state index < -0.39 is 0 Å². The number of hydrogen-bond donors (Lipinski definition) is 0. The molecular formula is C9H16O2S. The van der Waals surface area contributed by atoms with Gasteiger partial charge in [-0.1, -0.05) is 13.0 Å². The van der Waals surface area contributed by atoms with Crippen molar-refractivity contribution in [3.8, 4) is 0 Å². The second kappa shape index (κ2) is 8.65. The van der Waals surface area contributed by atoms with Crippen molar-refractivity contribution < 1.29 is 9.53 Å². The van der Waals surface area contributed by atoms with Crippen LogP contribution in [0.3, 0.4) is 0 Å². The molecule has 0 atom stereocenters. The Morgan fingerprint density at radius 3 is 2.83 bits per heavy atom. The first-order chi connectivity index (χ1) is 5.81. The van der Waals surface area contributed by atoms with E-state index in [1.807, 2.05) is 17.8 Å². The lowest BCUT2D eigenvalue weighted by molar-refractivity contribution is -0.137. The third-order valence-corrected chi connectivity index (χ3v) is 2.23. The Balaban J connectivity index is 3.29. The first kappa shape index (κ1) is 11.6. The van der Waals surface area contributed by atoms with Gasteiger partial charge in [0, 0.05) is 11.8 Å². The van der Waals surface area contributed by atoms with E-state index in [9.17, 15) is 4.79 Å². The molecule has 0 saturated heterocycles. The monoisotopic (exact) mass is 188 g/mol. The van der Waals surface area contributed by atoms with Crippen LogP contribution < -0.4 is 0 Å². The molecule has 3 heteroatoms. The molecule has 0 rings (SSSR count). The first-order valence-corrected chi connectivity index (χ1v) is 5.37. The number of carbonyl (C=O) groups excluding carboxylic acids is 1. The zero-order valence-electron chi connectivity index (χ0n) is 7.71. The Labute approximate surface area is 78.4 Å². The van der Waals surface area contributed by atoms with Gasteiger partial charge >= 0.3 is 5.97 Å². The van der Waals surface area contributed by atoms with Gasteiger partial charge in [0.2, 0.25) is 0 Å². The van der Waals surface area contributed by atoms with Crippen LogP contribution >= 0.6 is 11.8 Å². The van der Waals surface area contributed by atoms with Crippen LogP contribution in [0.25, 0.3) is 0 Å². The third kappa shape index (κ3) is 7.66. The minimum atomic E-state index is -0.241. The van der Waals surface area contributed by atoms with Gasteiger partial charge in [0.25, 0.3) is 0 Å². The minimum Gasteiger partial charge on any atom is -0.463 e. The number of ether oxygens (including phenoxy) is 1. The van der Waals surface area contributed by atoms with Crippen molar-refractivity contribution in [1.82, 2.24) is 0 Å². The highest BCUT2D eigenvalue weighted by molar-refractivity contribution is 7.99. The normalized spacial score (nSPS) is 10.5. The third-order valence-electron chi connectivity index (χ3n) is 1.10. The van der Waals surface area contributed by atoms with Crippen molar-refractivity contribution in [2.75, 3.05) is 18.1 Å². The fraction of sp³-hybridized carbons (Fsp3) is 0.667. The Bertz CT molecular complexity index is 143. The van der Waals surface area contributed by atoms with Crippen LogP contribution in [0.15, 0.2) is 12.2 Å². The van der Waals surface area contributed by atoms with E-state index in [4.69, 9.17) is 4.74 Å². The number of thioether (sulfide) groups is 1. The SMILES string of the molecule is CCCSC/C=C/C(=O)OCC. The molecule has 0 aromatic heterocycles. The van der Waals surface area contributed by atoms with Gasteiger partial charge in [-0.2, -0.15) is 11.8 Å². The zero-order valence-corrected chi connectivity index (χ0v) is 8.52. The van der Waals surface area contributed by atoms with Gasteiger partial charge in [-0.25, -0.2) is 4.79 Å². The molecule has 0 fully saturated rings. The van der Waals surface area contributed by atoms with Crippen molar-refractivity contribution in [1.29, 1.82) is 0 Å². The van der Waals surface area contributed by atoms with Crippen molar-refractivity contribution >= 4 is 17.7 Å². The predicted molar refractivity (Wildman–Crippen MR) is 53.4 cm³/mol. The smallest absolute Gasteiger partial charge is 0.330 e. The molecule has 0 aliphatic rings. The summed E-state index contributed by atoms with van der Waals surface area (Å²) in [7, 11) is 0. The van der Waals surface area contributed by atoms with Gasteiger partial charge in [-0.15, -0.1) is 0 Å². The van der Waals surface area contributed by atoms with Gasteiger partial charge < -0.3 is 4.74 Å². The topological polar surface area (TPSA) is 26.3 Å². The summed E-state index contributed by atoms with van der Waals surface area (Å²) in [6.45, 7) is 4.39. The molecule has 0 spiro atoms. The summed E-state index contributed by atoms with van der Waals surface area (Å²) >= 11 is 1.82. The Morgan fingerprint density at radius 2 is 2.25 bits per heavy atom. The summed E-state index contributed by atoms with van der Waals surface area (Å²) in [5.74, 6) is 1.80. The fourth-order valence-corrected chi connectivity index (χ4v) is 1.32. The molecule has 0 unspecified atom stereocenters. The van der Waals surface area contributed by atoms with Gasteiger partial charge in [-0.3, -0.25) is 0 Å². The number of hydrogen-bond acceptors (Lipinski definition) is 3. The van der Waals surface area contributed by atoms with Crippen LogP contribution in [0, 0.1) is 0 Å². The van der Waals surface area contributed by atoms with Crippen molar-refractivity contribution in [2.24, 2.45) is 0 Å². The molecule has 0 saturated carbocycles. The van der Waals surface area contributed by atoms with E-state index in [-0.39, 0.29) is 5.97 Å². The maximum absolute atomic E-state index is 10.8. The molecule has 0 heterocycles. The van der Waals surface area contributed by atoms with Crippen LogP contribution in [0.5, 0.6) is 0 Å². The molecule has 0 aromatic rings. The highest BCUT2D eigenvalue weighted by atomic mass is 32.2. The van der Waals surface area contributed by atoms with Gasteiger partial charge in [0.15, 0.2) is 0 Å². The number of esters is 1. The van der Waals surface area contributed by atoms with E-state index in [0.717, 1.165) is 11.5 Å². The standard InChI is InChI=1S/C9H16O2S/c1-3-7-12-8-5-6-9(10)11-4-2/h5-6H,3-4,7-8H2,1-2H3/b6-5+. The Morgan fingerprint density at radius 1 is 1.50 bits per heavy atom. The second-order valence-corrected chi connectivity index (χ2v) is 3.38. The molecular weight excluding hydrogens is 172 g/mol. The molecule has 0 bridgehead atoms. The van der Waals surface area contributed by atoms with Crippen LogP contribution in [0.4, 0.5) is 0 Å². The van der Waals surface area contributed by atoms with Gasteiger partial charge in [0.1, 0.15) is 0 Å². The quantitative estimate of drug-likeness (QED) is 0.363. The van der Waals surface area contributed by atoms with E-state index in [1.54, 1.807) is 6.92 Å². The zero-order chi connectivity index (χ0) is 9.23. The van der Waals surface area contributed by atoms with Crippen LogP contribution in [-0.4, -0.2) is 24.1 Å². The summed E-state index contributed by atoms with van der Waals surface area (Å²) < 4.78 is 4.71. The average molecular weight is 188 g/mol. The molecule has 0 amide bonds. The second-order valence-electron chi connectivity index (χ2n) is 2.23. The molecule has 0 aromatic carbocycles. The van der Waals surface area contributed by atoms with E-state index in [1.165, 1.54) is 12.5 Å². The lowest BCUT2D eigenvalue weighted by Crippen LogP contribution is -1.98. The fourth-order valence-electron chi connectivity index (χ4n) is 0.630. The van der Waals surface area contributed by atoms with E-state index in [2.05, 4.69) is 6.92 Å². The first-order valence-electron chi connectivity index (χ1n) is 4.22. The van der Waals surface area contributed by atoms with Crippen LogP contribution in [0.2, 0.25) is 0 Å². The molecule has 70 valence electrons. The highest BCUT2D eigenvalue weighted by Crippen LogP contribution is 2.01. The maximum Gasteiger partial charge on any atom is 0.330 e. The summed E-state index contributed by atoms with van der Waals surface area (Å²) in [4.78, 5) is 10.8. The molecule has 0 aliphatic carbocycles. The van der Waals surface area contributed by atoms with E-state index in [0.29, 0.717) is 6.61 Å². The van der Waals surface area contributed by atoms with Crippen molar-refractivity contribution in [3.63, 3.8) is 0 Å². The van der Waals surface area contributed by atoms with Crippen molar-refractivity contribution in [3.05, 3.63) is 12.2 Å². The summed E-state index contributed by atoms with van der Waals surface area (Å²) in [6.07, 6.45) is 4.52. The molecule has 2 nitrogen and oxygen atoms in total. The van der Waals surface area contributed by atoms with Gasteiger partial charge in [0.05, 0.1) is 6.61 Å². The largest absolute Gasteiger partial charge is 0.463 e. The van der Waals surface area contributed by atoms with Crippen LogP contribution in [-0.2, 0) is 9.53 Å². The predicted octanol–water partition coefficient (Wildman–Crippen LogP) is 2.25. The lowest BCUT2D eigenvalue weighted by atomic mass is 10.5. The molecule has 0 aliphatic heterocycles.